The summed E-state index contributed by atoms with van der Waals surface area (Å²) in [6.07, 6.45) is 0.329. The van der Waals surface area contributed by atoms with E-state index in [0.717, 1.165) is 0 Å². The fourth-order valence-corrected chi connectivity index (χ4v) is 2.51. The van der Waals surface area contributed by atoms with Crippen LogP contribution in [0.5, 0.6) is 0 Å². The van der Waals surface area contributed by atoms with Crippen LogP contribution in [-0.4, -0.2) is 30.9 Å². The van der Waals surface area contributed by atoms with Gasteiger partial charge in [0, 0.05) is 36.3 Å². The monoisotopic (exact) mass is 421 g/mol. The molecule has 2 atom stereocenters. The number of alkyl carbamates (subject to hydrolysis) is 1. The fourth-order valence-electron chi connectivity index (χ4n) is 2.38. The maximum Gasteiger partial charge on any atom is 1.00 e. The standard InChI is InChI=1S/C19H26ClNO6.Na/c1-3-5-16(22)26-17(6-4-2)27-19(25)21-12-11-15(18(23)24)13-7-9-14(20)10-8-13;/h7-10,15,17H,3-6,11-12H2,1-2H3,(H,21,25)(H,23,24);/q;+1/p-1/t15?,17-;/m0./s1. The molecule has 0 aliphatic heterocycles. The molecule has 0 aromatic heterocycles. The average molecular weight is 422 g/mol. The van der Waals surface area contributed by atoms with Gasteiger partial charge in [0.1, 0.15) is 0 Å². The second kappa shape index (κ2) is 14.7. The number of carbonyl (C=O) groups is 3. The van der Waals surface area contributed by atoms with Gasteiger partial charge in [-0.1, -0.05) is 37.6 Å². The number of carboxylic acid groups (broad SMARTS) is 1. The number of carboxylic acids is 1. The van der Waals surface area contributed by atoms with Crippen molar-refractivity contribution >= 4 is 29.6 Å². The summed E-state index contributed by atoms with van der Waals surface area (Å²) in [6.45, 7) is 3.78. The molecule has 1 amide bonds. The van der Waals surface area contributed by atoms with Crippen LogP contribution >= 0.6 is 11.6 Å². The van der Waals surface area contributed by atoms with Gasteiger partial charge in [0.25, 0.3) is 0 Å². The summed E-state index contributed by atoms with van der Waals surface area (Å²) in [7, 11) is 0. The van der Waals surface area contributed by atoms with E-state index in [1.807, 2.05) is 13.8 Å². The molecule has 0 radical (unpaired) electrons. The number of hydrogen-bond acceptors (Lipinski definition) is 6. The van der Waals surface area contributed by atoms with E-state index in [1.165, 1.54) is 0 Å². The number of nitrogens with one attached hydrogen (secondary N) is 1. The zero-order valence-corrected chi connectivity index (χ0v) is 19.3. The van der Waals surface area contributed by atoms with Gasteiger partial charge >= 0.3 is 41.6 Å². The van der Waals surface area contributed by atoms with E-state index in [1.54, 1.807) is 24.3 Å². The third-order valence-electron chi connectivity index (χ3n) is 3.74. The summed E-state index contributed by atoms with van der Waals surface area (Å²) in [5, 5.41) is 14.3. The summed E-state index contributed by atoms with van der Waals surface area (Å²) in [5.74, 6) is -2.57. The normalized spacial score (nSPS) is 12.2. The van der Waals surface area contributed by atoms with Crippen molar-refractivity contribution in [2.75, 3.05) is 6.54 Å². The van der Waals surface area contributed by atoms with Crippen molar-refractivity contribution < 1.29 is 58.5 Å². The number of aliphatic carboxylic acids is 1. The van der Waals surface area contributed by atoms with Gasteiger partial charge in [0.15, 0.2) is 0 Å². The predicted molar refractivity (Wildman–Crippen MR) is 98.0 cm³/mol. The summed E-state index contributed by atoms with van der Waals surface area (Å²) in [4.78, 5) is 34.8. The maximum absolute atomic E-state index is 11.9. The van der Waals surface area contributed by atoms with Crippen LogP contribution in [-0.2, 0) is 19.1 Å². The summed E-state index contributed by atoms with van der Waals surface area (Å²) >= 11 is 5.80. The molecule has 1 aromatic carbocycles. The van der Waals surface area contributed by atoms with Gasteiger partial charge in [-0.15, -0.1) is 0 Å². The Labute approximate surface area is 192 Å². The molecule has 0 bridgehead atoms. The topological polar surface area (TPSA) is 105 Å². The van der Waals surface area contributed by atoms with Gasteiger partial charge in [0.05, 0.1) is 0 Å². The fraction of sp³-hybridized carbons (Fsp3) is 0.526. The Morgan fingerprint density at radius 2 is 1.71 bits per heavy atom. The summed E-state index contributed by atoms with van der Waals surface area (Å²) in [5.41, 5.74) is 0.534. The molecular weight excluding hydrogens is 397 g/mol. The number of esters is 1. The second-order valence-electron chi connectivity index (χ2n) is 6.00. The van der Waals surface area contributed by atoms with Gasteiger partial charge < -0.3 is 24.7 Å². The van der Waals surface area contributed by atoms with E-state index < -0.39 is 30.2 Å². The van der Waals surface area contributed by atoms with Crippen molar-refractivity contribution in [2.45, 2.75) is 58.2 Å². The second-order valence-corrected chi connectivity index (χ2v) is 6.44. The molecule has 9 heteroatoms. The van der Waals surface area contributed by atoms with Crippen LogP contribution in [0.1, 0.15) is 57.4 Å². The molecule has 1 unspecified atom stereocenters. The molecule has 0 spiro atoms. The number of amides is 1. The van der Waals surface area contributed by atoms with Crippen molar-refractivity contribution in [3.05, 3.63) is 34.9 Å². The number of halogens is 1. The van der Waals surface area contributed by atoms with Gasteiger partial charge in [-0.3, -0.25) is 4.79 Å². The molecule has 0 fully saturated rings. The van der Waals surface area contributed by atoms with E-state index in [2.05, 4.69) is 5.32 Å². The third-order valence-corrected chi connectivity index (χ3v) is 3.99. The zero-order valence-electron chi connectivity index (χ0n) is 16.5. The minimum absolute atomic E-state index is 0. The Kier molecular flexibility index (Phi) is 14.0. The van der Waals surface area contributed by atoms with E-state index in [9.17, 15) is 19.5 Å². The number of hydrogen-bond donors (Lipinski definition) is 1. The Hall–Kier alpha value is -1.28. The molecule has 7 nitrogen and oxygen atoms in total. The Morgan fingerprint density at radius 1 is 1.07 bits per heavy atom. The largest absolute Gasteiger partial charge is 1.00 e. The van der Waals surface area contributed by atoms with Crippen LogP contribution in [0, 0.1) is 0 Å². The quantitative estimate of drug-likeness (QED) is 0.300. The molecule has 150 valence electrons. The smallest absolute Gasteiger partial charge is 0.549 e. The van der Waals surface area contributed by atoms with Gasteiger partial charge in [-0.05, 0) is 37.0 Å². The minimum Gasteiger partial charge on any atom is -0.549 e. The number of ether oxygens (including phenoxy) is 2. The van der Waals surface area contributed by atoms with E-state index in [0.29, 0.717) is 29.8 Å². The van der Waals surface area contributed by atoms with Crippen LogP contribution < -0.4 is 40.0 Å². The van der Waals surface area contributed by atoms with E-state index in [-0.39, 0.29) is 48.9 Å². The van der Waals surface area contributed by atoms with Gasteiger partial charge in [-0.25, -0.2) is 4.79 Å². The molecule has 28 heavy (non-hydrogen) atoms. The van der Waals surface area contributed by atoms with Crippen molar-refractivity contribution in [3.63, 3.8) is 0 Å². The van der Waals surface area contributed by atoms with Crippen molar-refractivity contribution in [1.82, 2.24) is 5.32 Å². The molecular formula is C19H25ClNNaO6. The van der Waals surface area contributed by atoms with Gasteiger partial charge in [-0.2, -0.15) is 0 Å². The first kappa shape index (κ1) is 26.7. The van der Waals surface area contributed by atoms with E-state index in [4.69, 9.17) is 21.1 Å². The van der Waals surface area contributed by atoms with Crippen LogP contribution in [0.4, 0.5) is 4.79 Å². The molecule has 0 aliphatic rings. The Bertz CT molecular complexity index is 625. The minimum atomic E-state index is -1.25. The number of rotatable bonds is 11. The molecule has 0 saturated carbocycles. The van der Waals surface area contributed by atoms with Crippen molar-refractivity contribution in [1.29, 1.82) is 0 Å². The predicted octanol–water partition coefficient (Wildman–Crippen LogP) is -0.237. The SMILES string of the molecule is CCCC(=O)O[C@H](CCC)OC(=O)NCCC(C(=O)[O-])c1ccc(Cl)cc1.[Na+]. The first-order valence-corrected chi connectivity index (χ1v) is 9.35. The molecule has 0 saturated heterocycles. The van der Waals surface area contributed by atoms with E-state index >= 15 is 0 Å². The number of carbonyl (C=O) groups excluding carboxylic acids is 3. The molecule has 1 N–H and O–H groups in total. The average Bonchev–Trinajstić information content (AvgIpc) is 2.60. The summed E-state index contributed by atoms with van der Waals surface area (Å²) in [6, 6.07) is 6.39. The van der Waals surface area contributed by atoms with Crippen LogP contribution in [0.15, 0.2) is 24.3 Å². The van der Waals surface area contributed by atoms with Crippen LogP contribution in [0.25, 0.3) is 0 Å². The third kappa shape index (κ3) is 10.3. The molecule has 0 heterocycles. The number of benzene rings is 1. The first-order chi connectivity index (χ1) is 12.9. The first-order valence-electron chi connectivity index (χ1n) is 8.97. The Balaban J connectivity index is 0.00000729. The van der Waals surface area contributed by atoms with Crippen LogP contribution in [0.2, 0.25) is 5.02 Å². The molecule has 1 rings (SSSR count). The molecule has 0 aliphatic carbocycles. The summed E-state index contributed by atoms with van der Waals surface area (Å²) < 4.78 is 10.2. The zero-order chi connectivity index (χ0) is 20.2. The molecule has 1 aromatic rings. The van der Waals surface area contributed by atoms with Gasteiger partial charge in [0.2, 0.25) is 6.29 Å². The Morgan fingerprint density at radius 3 is 2.25 bits per heavy atom. The van der Waals surface area contributed by atoms with Crippen molar-refractivity contribution in [3.8, 4) is 0 Å². The van der Waals surface area contributed by atoms with Crippen LogP contribution in [0.3, 0.4) is 0 Å². The maximum atomic E-state index is 11.9. The van der Waals surface area contributed by atoms with Crippen molar-refractivity contribution in [2.24, 2.45) is 0 Å².